The van der Waals surface area contributed by atoms with Crippen LogP contribution in [0, 0.1) is 17.8 Å². The second-order valence-corrected chi connectivity index (χ2v) is 10.9. The summed E-state index contributed by atoms with van der Waals surface area (Å²) in [6.07, 6.45) is 12.2. The summed E-state index contributed by atoms with van der Waals surface area (Å²) in [5, 5.41) is 0.728. The molecule has 4 heteroatoms. The number of amides is 1. The zero-order valence-corrected chi connectivity index (χ0v) is 18.4. The molecule has 1 amide bonds. The molecule has 158 valence electrons. The lowest BCUT2D eigenvalue weighted by Gasteiger charge is -2.56. The first-order valence-electron chi connectivity index (χ1n) is 11.6. The van der Waals surface area contributed by atoms with E-state index in [1.807, 2.05) is 36.2 Å². The number of likely N-dealkylation sites (N-methyl/N-ethyl adjacent to an activating group) is 1. The zero-order valence-electron chi connectivity index (χ0n) is 17.7. The third-order valence-corrected chi connectivity index (χ3v) is 8.68. The van der Waals surface area contributed by atoms with Gasteiger partial charge in [-0.2, -0.15) is 0 Å². The van der Waals surface area contributed by atoms with Crippen molar-refractivity contribution >= 4 is 17.5 Å². The fourth-order valence-electron chi connectivity index (χ4n) is 7.45. The lowest BCUT2D eigenvalue weighted by molar-refractivity contribution is -0.166. The molecule has 5 saturated carbocycles. The van der Waals surface area contributed by atoms with Gasteiger partial charge in [-0.15, -0.1) is 0 Å². The number of nitrogens with zero attached hydrogens (tertiary/aromatic N) is 1. The SMILES string of the molecule is CN(CCOC12CC3CC(CC(C3)C1)C2)C(=O)C1(c2ccc(Cl)cc2)CCCC1. The molecule has 0 aliphatic heterocycles. The van der Waals surface area contributed by atoms with Gasteiger partial charge in [0.2, 0.25) is 5.91 Å². The normalized spacial score (nSPS) is 34.5. The third-order valence-electron chi connectivity index (χ3n) is 8.43. The molecule has 0 radical (unpaired) electrons. The Kier molecular flexibility index (Phi) is 5.19. The van der Waals surface area contributed by atoms with Crippen molar-refractivity contribution < 1.29 is 9.53 Å². The van der Waals surface area contributed by atoms with Crippen LogP contribution in [0.4, 0.5) is 0 Å². The van der Waals surface area contributed by atoms with Gasteiger partial charge in [0.05, 0.1) is 17.6 Å². The largest absolute Gasteiger partial charge is 0.373 e. The van der Waals surface area contributed by atoms with Crippen molar-refractivity contribution in [1.29, 1.82) is 0 Å². The number of benzene rings is 1. The number of halogens is 1. The van der Waals surface area contributed by atoms with Crippen LogP contribution in [0.15, 0.2) is 24.3 Å². The average Bonchev–Trinajstić information content (AvgIpc) is 3.17. The van der Waals surface area contributed by atoms with Crippen LogP contribution in [0.3, 0.4) is 0 Å². The van der Waals surface area contributed by atoms with Gasteiger partial charge in [-0.1, -0.05) is 36.6 Å². The Bertz CT molecular complexity index is 717. The molecular weight excluding hydrogens is 382 g/mol. The van der Waals surface area contributed by atoms with Crippen molar-refractivity contribution in [2.75, 3.05) is 20.2 Å². The van der Waals surface area contributed by atoms with Crippen LogP contribution in [0.5, 0.6) is 0 Å². The van der Waals surface area contributed by atoms with Crippen molar-refractivity contribution in [2.45, 2.75) is 75.2 Å². The van der Waals surface area contributed by atoms with Crippen LogP contribution in [0.2, 0.25) is 5.02 Å². The molecule has 0 N–H and O–H groups in total. The van der Waals surface area contributed by atoms with Crippen LogP contribution in [0.25, 0.3) is 0 Å². The Balaban J connectivity index is 1.23. The van der Waals surface area contributed by atoms with Crippen LogP contribution in [0.1, 0.15) is 69.8 Å². The van der Waals surface area contributed by atoms with Crippen LogP contribution in [-0.2, 0) is 14.9 Å². The Morgan fingerprint density at radius 2 is 1.59 bits per heavy atom. The molecule has 1 aromatic carbocycles. The summed E-state index contributed by atoms with van der Waals surface area (Å²) in [6.45, 7) is 1.36. The highest BCUT2D eigenvalue weighted by atomic mass is 35.5. The average molecular weight is 416 g/mol. The van der Waals surface area contributed by atoms with Crippen molar-refractivity contribution in [1.82, 2.24) is 4.90 Å². The van der Waals surface area contributed by atoms with E-state index in [1.165, 1.54) is 38.5 Å². The van der Waals surface area contributed by atoms with Crippen molar-refractivity contribution in [3.05, 3.63) is 34.9 Å². The number of ether oxygens (including phenoxy) is 1. The summed E-state index contributed by atoms with van der Waals surface area (Å²) in [6, 6.07) is 7.93. The molecule has 0 heterocycles. The summed E-state index contributed by atoms with van der Waals surface area (Å²) in [5.41, 5.74) is 0.873. The van der Waals surface area contributed by atoms with Crippen LogP contribution in [-0.4, -0.2) is 36.6 Å². The molecule has 6 rings (SSSR count). The van der Waals surface area contributed by atoms with Gasteiger partial charge in [0.15, 0.2) is 0 Å². The molecule has 0 saturated heterocycles. The molecule has 0 atom stereocenters. The molecule has 0 aromatic heterocycles. The molecule has 29 heavy (non-hydrogen) atoms. The van der Waals surface area contributed by atoms with Gasteiger partial charge in [-0.25, -0.2) is 0 Å². The first-order valence-corrected chi connectivity index (χ1v) is 12.0. The maximum Gasteiger partial charge on any atom is 0.233 e. The maximum atomic E-state index is 13.5. The van der Waals surface area contributed by atoms with Crippen LogP contribution >= 0.6 is 11.6 Å². The predicted molar refractivity (Wildman–Crippen MR) is 116 cm³/mol. The van der Waals surface area contributed by atoms with Crippen molar-refractivity contribution in [3.63, 3.8) is 0 Å². The lowest BCUT2D eigenvalue weighted by atomic mass is 9.54. The van der Waals surface area contributed by atoms with Crippen molar-refractivity contribution in [3.8, 4) is 0 Å². The van der Waals surface area contributed by atoms with Crippen molar-refractivity contribution in [2.24, 2.45) is 17.8 Å². The smallest absolute Gasteiger partial charge is 0.233 e. The van der Waals surface area contributed by atoms with Gasteiger partial charge in [0.25, 0.3) is 0 Å². The van der Waals surface area contributed by atoms with E-state index in [0.29, 0.717) is 13.2 Å². The van der Waals surface area contributed by atoms with Gasteiger partial charge in [-0.05, 0) is 86.8 Å². The van der Waals surface area contributed by atoms with Gasteiger partial charge in [0, 0.05) is 18.6 Å². The Morgan fingerprint density at radius 3 is 2.14 bits per heavy atom. The standard InChI is InChI=1S/C25H34ClNO2/c1-27(10-11-29-24-15-18-12-19(16-24)14-20(13-18)17-24)23(28)25(8-2-3-9-25)21-4-6-22(26)7-5-21/h4-7,18-20H,2-3,8-17H2,1H3. The number of hydrogen-bond donors (Lipinski definition) is 0. The summed E-state index contributed by atoms with van der Waals surface area (Å²) in [7, 11) is 1.96. The minimum Gasteiger partial charge on any atom is -0.373 e. The number of carbonyl (C=O) groups is 1. The van der Waals surface area contributed by atoms with E-state index < -0.39 is 0 Å². The highest BCUT2D eigenvalue weighted by Gasteiger charge is 2.51. The fourth-order valence-corrected chi connectivity index (χ4v) is 7.57. The van der Waals surface area contributed by atoms with Gasteiger partial charge in [-0.3, -0.25) is 4.79 Å². The van der Waals surface area contributed by atoms with E-state index in [4.69, 9.17) is 16.3 Å². The maximum absolute atomic E-state index is 13.5. The van der Waals surface area contributed by atoms with E-state index in [9.17, 15) is 4.79 Å². The van der Waals surface area contributed by atoms with Gasteiger partial charge < -0.3 is 9.64 Å². The minimum absolute atomic E-state index is 0.125. The van der Waals surface area contributed by atoms with E-state index in [0.717, 1.165) is 54.0 Å². The quantitative estimate of drug-likeness (QED) is 0.605. The summed E-state index contributed by atoms with van der Waals surface area (Å²) < 4.78 is 6.57. The zero-order chi connectivity index (χ0) is 20.1. The molecule has 5 aliphatic carbocycles. The summed E-state index contributed by atoms with van der Waals surface area (Å²) in [5.74, 6) is 2.94. The Labute approximate surface area is 180 Å². The second kappa shape index (κ2) is 7.57. The monoisotopic (exact) mass is 415 g/mol. The summed E-state index contributed by atoms with van der Waals surface area (Å²) in [4.78, 5) is 15.5. The first kappa shape index (κ1) is 19.9. The highest BCUT2D eigenvalue weighted by Crippen LogP contribution is 2.57. The third kappa shape index (κ3) is 3.63. The molecule has 4 bridgehead atoms. The molecule has 0 unspecified atom stereocenters. The lowest BCUT2D eigenvalue weighted by Crippen LogP contribution is -2.53. The Morgan fingerprint density at radius 1 is 1.03 bits per heavy atom. The van der Waals surface area contributed by atoms with E-state index >= 15 is 0 Å². The predicted octanol–water partition coefficient (Wildman–Crippen LogP) is 5.60. The minimum atomic E-state index is -0.375. The van der Waals surface area contributed by atoms with E-state index in [2.05, 4.69) is 0 Å². The Hall–Kier alpha value is -1.06. The number of carbonyl (C=O) groups excluding carboxylic acids is 1. The molecule has 1 aromatic rings. The van der Waals surface area contributed by atoms with Crippen LogP contribution < -0.4 is 0 Å². The van der Waals surface area contributed by atoms with Gasteiger partial charge in [0.1, 0.15) is 0 Å². The highest BCUT2D eigenvalue weighted by molar-refractivity contribution is 6.30. The number of rotatable bonds is 6. The second-order valence-electron chi connectivity index (χ2n) is 10.5. The topological polar surface area (TPSA) is 29.5 Å². The summed E-state index contributed by atoms with van der Waals surface area (Å²) >= 11 is 6.09. The first-order chi connectivity index (χ1) is 14.0. The molecular formula is C25H34ClNO2. The molecule has 5 aliphatic rings. The van der Waals surface area contributed by atoms with E-state index in [1.54, 1.807) is 0 Å². The molecule has 5 fully saturated rings. The number of hydrogen-bond acceptors (Lipinski definition) is 2. The molecule has 0 spiro atoms. The fraction of sp³-hybridized carbons (Fsp3) is 0.720. The van der Waals surface area contributed by atoms with E-state index in [-0.39, 0.29) is 16.9 Å². The molecule has 3 nitrogen and oxygen atoms in total. The van der Waals surface area contributed by atoms with Gasteiger partial charge >= 0.3 is 0 Å².